The molecule has 0 unspecified atom stereocenters. The van der Waals surface area contributed by atoms with E-state index in [1.54, 1.807) is 0 Å². The number of unbranched alkanes of at least 4 members (excludes halogenated alkanes) is 3. The van der Waals surface area contributed by atoms with E-state index < -0.39 is 5.31 Å². The monoisotopic (exact) mass is 630 g/mol. The first-order chi connectivity index (χ1) is 19.8. The fourth-order valence-electron chi connectivity index (χ4n) is 5.56. The van der Waals surface area contributed by atoms with Crippen LogP contribution in [-0.4, -0.2) is 24.5 Å². The van der Waals surface area contributed by atoms with E-state index in [1.165, 1.54) is 15.9 Å². The topological polar surface area (TPSA) is 43.4 Å². The molecule has 4 aromatic rings. The Kier molecular flexibility index (Phi) is 10.7. The first-order valence-corrected chi connectivity index (χ1v) is 18.9. The van der Waals surface area contributed by atoms with Crippen LogP contribution in [0.2, 0.25) is 0 Å². The summed E-state index contributed by atoms with van der Waals surface area (Å²) in [5.41, 5.74) is 2.68. The van der Waals surface area contributed by atoms with Crippen LogP contribution in [0.4, 0.5) is 0 Å². The van der Waals surface area contributed by atoms with Crippen LogP contribution in [0.1, 0.15) is 60.0 Å². The molecule has 0 aliphatic carbocycles. The summed E-state index contributed by atoms with van der Waals surface area (Å²) < 4.78 is 5.47. The number of ketones is 1. The van der Waals surface area contributed by atoms with E-state index in [0.29, 0.717) is 12.2 Å². The summed E-state index contributed by atoms with van der Waals surface area (Å²) >= 11 is 4.51. The molecule has 5 heteroatoms. The molecule has 0 saturated carbocycles. The standard InChI is InChI=1S/C36H40BrO3P/c1-29-22-23-30(2)34(28-29)35(38)24-25-36(39)40-26-14-3-4-15-27-41(37,31-16-8-5-9-17-31,32-18-10-6-11-19-32)33-20-12-7-13-21-33/h5-13,16-23,28H,3-4,14-15,24-27H2,1-2H3. The summed E-state index contributed by atoms with van der Waals surface area (Å²) in [6.07, 6.45) is 5.18. The van der Waals surface area contributed by atoms with E-state index in [9.17, 15) is 9.59 Å². The summed E-state index contributed by atoms with van der Waals surface area (Å²) in [4.78, 5) is 24.9. The number of esters is 1. The molecule has 0 N–H and O–H groups in total. The first kappa shape index (κ1) is 30.9. The predicted molar refractivity (Wildman–Crippen MR) is 178 cm³/mol. The molecule has 3 nitrogen and oxygen atoms in total. The van der Waals surface area contributed by atoms with Crippen molar-refractivity contribution in [2.45, 2.75) is 52.4 Å². The summed E-state index contributed by atoms with van der Waals surface area (Å²) in [5, 5.41) is 1.11. The molecule has 0 atom stereocenters. The second-order valence-electron chi connectivity index (χ2n) is 10.8. The van der Waals surface area contributed by atoms with Gasteiger partial charge in [0.15, 0.2) is 0 Å². The zero-order valence-corrected chi connectivity index (χ0v) is 26.6. The van der Waals surface area contributed by atoms with Crippen LogP contribution in [0.3, 0.4) is 0 Å². The Balaban J connectivity index is 1.33. The van der Waals surface area contributed by atoms with E-state index in [-0.39, 0.29) is 24.6 Å². The third-order valence-corrected chi connectivity index (χ3v) is 17.9. The van der Waals surface area contributed by atoms with Crippen molar-refractivity contribution in [3.05, 3.63) is 126 Å². The van der Waals surface area contributed by atoms with Gasteiger partial charge in [0.05, 0.1) is 0 Å². The number of hydrogen-bond donors (Lipinski definition) is 0. The van der Waals surface area contributed by atoms with Gasteiger partial charge < -0.3 is 0 Å². The molecule has 0 aliphatic rings. The van der Waals surface area contributed by atoms with Gasteiger partial charge in [-0.25, -0.2) is 0 Å². The molecule has 0 amide bonds. The maximum Gasteiger partial charge on any atom is -0.0482 e. The van der Waals surface area contributed by atoms with Crippen molar-refractivity contribution in [1.29, 1.82) is 0 Å². The van der Waals surface area contributed by atoms with Gasteiger partial charge in [-0.2, -0.15) is 0 Å². The van der Waals surface area contributed by atoms with Gasteiger partial charge in [0, 0.05) is 0 Å². The van der Waals surface area contributed by atoms with Crippen molar-refractivity contribution in [2.24, 2.45) is 0 Å². The minimum Gasteiger partial charge on any atom is -0.0482 e. The number of carbonyl (C=O) groups is 2. The second-order valence-corrected chi connectivity index (χ2v) is 19.8. The van der Waals surface area contributed by atoms with Crippen LogP contribution in [-0.2, 0) is 9.53 Å². The maximum atomic E-state index is 12.6. The molecule has 0 heterocycles. The summed E-state index contributed by atoms with van der Waals surface area (Å²) in [5.74, 6) is -0.305. The van der Waals surface area contributed by atoms with E-state index in [0.717, 1.165) is 43.0 Å². The molecule has 0 aromatic heterocycles. The first-order valence-electron chi connectivity index (χ1n) is 14.5. The largest absolute Gasteiger partial charge is 0.0482 e. The molecule has 0 saturated heterocycles. The minimum absolute atomic E-state index is 0.00509. The number of hydrogen-bond acceptors (Lipinski definition) is 3. The van der Waals surface area contributed by atoms with Crippen LogP contribution in [0, 0.1) is 13.8 Å². The van der Waals surface area contributed by atoms with Crippen LogP contribution in [0.25, 0.3) is 0 Å². The van der Waals surface area contributed by atoms with Gasteiger partial charge in [0.1, 0.15) is 0 Å². The summed E-state index contributed by atoms with van der Waals surface area (Å²) in [7, 11) is 0. The molecule has 41 heavy (non-hydrogen) atoms. The number of rotatable bonds is 14. The van der Waals surface area contributed by atoms with Crippen LogP contribution in [0.15, 0.2) is 109 Å². The van der Waals surface area contributed by atoms with Crippen LogP contribution >= 0.6 is 20.8 Å². The SMILES string of the molecule is Cc1ccc(C)c(C(=O)CCC(=O)OCCCCCCP(Br)(c2ccccc2)(c2ccccc2)c2ccccc2)c1. The summed E-state index contributed by atoms with van der Waals surface area (Å²) in [6.45, 7) is 4.29. The zero-order chi connectivity index (χ0) is 29.2. The fourth-order valence-corrected chi connectivity index (χ4v) is 13.3. The van der Waals surface area contributed by atoms with E-state index in [4.69, 9.17) is 4.74 Å². The second kappa shape index (κ2) is 14.2. The van der Waals surface area contributed by atoms with Crippen molar-refractivity contribution in [1.82, 2.24) is 0 Å². The summed E-state index contributed by atoms with van der Waals surface area (Å²) in [6, 6.07) is 38.4. The third kappa shape index (κ3) is 7.23. The average molecular weight is 632 g/mol. The van der Waals surface area contributed by atoms with Crippen molar-refractivity contribution in [2.75, 3.05) is 12.8 Å². The molecule has 0 fully saturated rings. The van der Waals surface area contributed by atoms with Crippen molar-refractivity contribution < 1.29 is 14.3 Å². The third-order valence-electron chi connectivity index (χ3n) is 7.87. The maximum absolute atomic E-state index is 12.6. The Morgan fingerprint density at radius 3 is 1.71 bits per heavy atom. The smallest absolute Gasteiger partial charge is 0.0482 e. The number of halogens is 1. The number of benzene rings is 4. The van der Waals surface area contributed by atoms with Gasteiger partial charge in [-0.15, -0.1) is 0 Å². The average Bonchev–Trinajstić information content (AvgIpc) is 3.02. The van der Waals surface area contributed by atoms with Crippen molar-refractivity contribution >= 4 is 48.5 Å². The molecular formula is C36H40BrO3P. The number of Topliss-reactive ketones (excluding diaryl/α,β-unsaturated/α-hetero) is 1. The Labute approximate surface area is 253 Å². The Morgan fingerprint density at radius 2 is 1.17 bits per heavy atom. The van der Waals surface area contributed by atoms with E-state index in [1.807, 2.05) is 32.0 Å². The van der Waals surface area contributed by atoms with Crippen molar-refractivity contribution in [3.63, 3.8) is 0 Å². The number of aryl methyl sites for hydroxylation is 2. The molecule has 0 aliphatic heterocycles. The van der Waals surface area contributed by atoms with Gasteiger partial charge in [-0.05, 0) is 25.5 Å². The van der Waals surface area contributed by atoms with Gasteiger partial charge in [-0.3, -0.25) is 0 Å². The molecule has 0 bridgehead atoms. The van der Waals surface area contributed by atoms with Gasteiger partial charge in [-0.1, -0.05) is 17.7 Å². The number of carbonyl (C=O) groups excluding carboxylic acids is 2. The molecule has 4 aromatic carbocycles. The fraction of sp³-hybridized carbons (Fsp3) is 0.278. The Morgan fingerprint density at radius 1 is 0.659 bits per heavy atom. The Hall–Kier alpha value is -3.07. The molecule has 214 valence electrons. The Bertz CT molecular complexity index is 1340. The molecular weight excluding hydrogens is 591 g/mol. The van der Waals surface area contributed by atoms with Crippen LogP contribution < -0.4 is 15.9 Å². The minimum atomic E-state index is -2.89. The van der Waals surface area contributed by atoms with Gasteiger partial charge in [0.2, 0.25) is 0 Å². The van der Waals surface area contributed by atoms with E-state index >= 15 is 0 Å². The number of ether oxygens (including phenoxy) is 1. The molecule has 0 radical (unpaired) electrons. The normalized spacial score (nSPS) is 12.3. The van der Waals surface area contributed by atoms with Gasteiger partial charge in [0.25, 0.3) is 0 Å². The van der Waals surface area contributed by atoms with E-state index in [2.05, 4.69) is 106 Å². The predicted octanol–water partition coefficient (Wildman–Crippen LogP) is 8.21. The van der Waals surface area contributed by atoms with Crippen LogP contribution in [0.5, 0.6) is 0 Å². The molecule has 0 spiro atoms. The molecule has 4 rings (SSSR count). The quantitative estimate of drug-likeness (QED) is 0.0610. The zero-order valence-electron chi connectivity index (χ0n) is 24.1. The van der Waals surface area contributed by atoms with Gasteiger partial charge >= 0.3 is 211 Å². The van der Waals surface area contributed by atoms with Crippen molar-refractivity contribution in [3.8, 4) is 0 Å².